The number of aromatic nitrogens is 1. The van der Waals surface area contributed by atoms with Crippen LogP contribution in [0.5, 0.6) is 0 Å². The van der Waals surface area contributed by atoms with Gasteiger partial charge in [0.2, 0.25) is 0 Å². The maximum absolute atomic E-state index is 6.24. The van der Waals surface area contributed by atoms with E-state index >= 15 is 0 Å². The van der Waals surface area contributed by atoms with Gasteiger partial charge in [0.05, 0.1) is 5.02 Å². The minimum Gasteiger partial charge on any atom is -0.330 e. The molecule has 106 valence electrons. The molecule has 1 aromatic heterocycles. The number of hydrogen-bond donors (Lipinski definition) is 1. The first kappa shape index (κ1) is 14.8. The van der Waals surface area contributed by atoms with Crippen LogP contribution in [0.2, 0.25) is 5.02 Å². The van der Waals surface area contributed by atoms with Crippen LogP contribution in [0.15, 0.2) is 18.5 Å². The molecule has 1 aliphatic carbocycles. The Balaban J connectivity index is 2.04. The molecule has 0 aromatic carbocycles. The second kappa shape index (κ2) is 7.25. The van der Waals surface area contributed by atoms with Crippen molar-refractivity contribution in [3.8, 4) is 0 Å². The van der Waals surface area contributed by atoms with Gasteiger partial charge in [-0.1, -0.05) is 37.8 Å². The molecule has 0 radical (unpaired) electrons. The van der Waals surface area contributed by atoms with Crippen molar-refractivity contribution in [2.24, 2.45) is 23.5 Å². The molecule has 1 aromatic rings. The van der Waals surface area contributed by atoms with Crippen molar-refractivity contribution in [2.75, 3.05) is 6.54 Å². The van der Waals surface area contributed by atoms with Crippen molar-refractivity contribution >= 4 is 11.6 Å². The van der Waals surface area contributed by atoms with Crippen molar-refractivity contribution in [1.29, 1.82) is 0 Å². The van der Waals surface area contributed by atoms with Crippen LogP contribution >= 0.6 is 11.6 Å². The van der Waals surface area contributed by atoms with Crippen molar-refractivity contribution in [3.63, 3.8) is 0 Å². The van der Waals surface area contributed by atoms with Gasteiger partial charge in [-0.25, -0.2) is 0 Å². The van der Waals surface area contributed by atoms with Crippen molar-refractivity contribution in [1.82, 2.24) is 4.98 Å². The van der Waals surface area contributed by atoms with Crippen LogP contribution in [0, 0.1) is 17.8 Å². The summed E-state index contributed by atoms with van der Waals surface area (Å²) in [7, 11) is 0. The highest BCUT2D eigenvalue weighted by atomic mass is 35.5. The fraction of sp³-hybridized carbons (Fsp3) is 0.688. The van der Waals surface area contributed by atoms with Crippen LogP contribution in [0.25, 0.3) is 0 Å². The minimum atomic E-state index is 0.664. The van der Waals surface area contributed by atoms with E-state index in [1.807, 2.05) is 6.20 Å². The smallest absolute Gasteiger partial charge is 0.0621 e. The molecule has 3 unspecified atom stereocenters. The molecule has 2 rings (SSSR count). The van der Waals surface area contributed by atoms with E-state index in [0.29, 0.717) is 11.8 Å². The molecule has 2 N–H and O–H groups in total. The molecule has 0 amide bonds. The van der Waals surface area contributed by atoms with Gasteiger partial charge in [-0.2, -0.15) is 0 Å². The second-order valence-electron chi connectivity index (χ2n) is 5.89. The van der Waals surface area contributed by atoms with Gasteiger partial charge in [0.15, 0.2) is 0 Å². The van der Waals surface area contributed by atoms with Gasteiger partial charge in [-0.15, -0.1) is 0 Å². The third-order valence-electron chi connectivity index (χ3n) is 4.59. The third kappa shape index (κ3) is 3.93. The molecule has 2 nitrogen and oxygen atoms in total. The standard InChI is InChI=1S/C16H25ClN2/c1-2-3-12-4-5-14(10-18)15(8-12)9-13-6-7-19-11-16(13)17/h6-7,11-12,14-15H,2-5,8-10,18H2,1H3. The lowest BCUT2D eigenvalue weighted by Crippen LogP contribution is -2.31. The minimum absolute atomic E-state index is 0.664. The zero-order chi connectivity index (χ0) is 13.7. The van der Waals surface area contributed by atoms with E-state index < -0.39 is 0 Å². The van der Waals surface area contributed by atoms with E-state index in [1.165, 1.54) is 37.7 Å². The predicted molar refractivity (Wildman–Crippen MR) is 81.2 cm³/mol. The Morgan fingerprint density at radius 1 is 1.37 bits per heavy atom. The van der Waals surface area contributed by atoms with Crippen LogP contribution in [-0.2, 0) is 6.42 Å². The maximum atomic E-state index is 6.24. The summed E-state index contributed by atoms with van der Waals surface area (Å²) >= 11 is 6.24. The Morgan fingerprint density at radius 2 is 2.21 bits per heavy atom. The monoisotopic (exact) mass is 280 g/mol. The summed E-state index contributed by atoms with van der Waals surface area (Å²) in [6.45, 7) is 3.09. The summed E-state index contributed by atoms with van der Waals surface area (Å²) < 4.78 is 0. The van der Waals surface area contributed by atoms with E-state index in [9.17, 15) is 0 Å². The van der Waals surface area contributed by atoms with Gasteiger partial charge in [-0.05, 0) is 55.2 Å². The van der Waals surface area contributed by atoms with E-state index in [4.69, 9.17) is 17.3 Å². The van der Waals surface area contributed by atoms with Gasteiger partial charge in [-0.3, -0.25) is 4.98 Å². The first-order valence-electron chi connectivity index (χ1n) is 7.53. The van der Waals surface area contributed by atoms with Gasteiger partial charge < -0.3 is 5.73 Å². The summed E-state index contributed by atoms with van der Waals surface area (Å²) in [5, 5.41) is 0.802. The number of pyridine rings is 1. The van der Waals surface area contributed by atoms with Gasteiger partial charge >= 0.3 is 0 Å². The molecule has 1 saturated carbocycles. The molecular formula is C16H25ClN2. The Labute approximate surface area is 121 Å². The first-order chi connectivity index (χ1) is 9.24. The van der Waals surface area contributed by atoms with Crippen LogP contribution in [0.4, 0.5) is 0 Å². The highest BCUT2D eigenvalue weighted by Crippen LogP contribution is 2.38. The topological polar surface area (TPSA) is 38.9 Å². The maximum Gasteiger partial charge on any atom is 0.0621 e. The normalized spacial score (nSPS) is 27.4. The zero-order valence-corrected chi connectivity index (χ0v) is 12.6. The Kier molecular flexibility index (Phi) is 5.65. The van der Waals surface area contributed by atoms with Crippen LogP contribution in [0.1, 0.15) is 44.6 Å². The summed E-state index contributed by atoms with van der Waals surface area (Å²) in [5.74, 6) is 2.24. The summed E-state index contributed by atoms with van der Waals surface area (Å²) in [6.07, 6.45) is 11.3. The van der Waals surface area contributed by atoms with Gasteiger partial charge in [0, 0.05) is 12.4 Å². The lowest BCUT2D eigenvalue weighted by atomic mass is 9.70. The number of hydrogen-bond acceptors (Lipinski definition) is 2. The lowest BCUT2D eigenvalue weighted by Gasteiger charge is -2.36. The molecule has 1 aliphatic rings. The molecule has 1 heterocycles. The molecule has 3 atom stereocenters. The van der Waals surface area contributed by atoms with Gasteiger partial charge in [0.25, 0.3) is 0 Å². The number of halogens is 1. The SMILES string of the molecule is CCCC1CCC(CN)C(Cc2ccncc2Cl)C1. The Morgan fingerprint density at radius 3 is 2.89 bits per heavy atom. The quantitative estimate of drug-likeness (QED) is 0.883. The third-order valence-corrected chi connectivity index (χ3v) is 4.93. The van der Waals surface area contributed by atoms with E-state index in [1.54, 1.807) is 6.20 Å². The van der Waals surface area contributed by atoms with Crippen LogP contribution in [0.3, 0.4) is 0 Å². The number of rotatable bonds is 5. The Bertz CT molecular complexity index is 394. The number of nitrogens with zero attached hydrogens (tertiary/aromatic N) is 1. The predicted octanol–water partition coefficient (Wildman–Crippen LogP) is 4.07. The van der Waals surface area contributed by atoms with Crippen molar-refractivity contribution in [2.45, 2.75) is 45.4 Å². The number of nitrogens with two attached hydrogens (primary N) is 1. The fourth-order valence-corrected chi connectivity index (χ4v) is 3.70. The first-order valence-corrected chi connectivity index (χ1v) is 7.90. The summed E-state index contributed by atoms with van der Waals surface area (Å²) in [5.41, 5.74) is 7.19. The highest BCUT2D eigenvalue weighted by Gasteiger charge is 2.29. The van der Waals surface area contributed by atoms with E-state index in [2.05, 4.69) is 18.0 Å². The van der Waals surface area contributed by atoms with E-state index in [-0.39, 0.29) is 0 Å². The summed E-state index contributed by atoms with van der Waals surface area (Å²) in [4.78, 5) is 4.06. The summed E-state index contributed by atoms with van der Waals surface area (Å²) in [6, 6.07) is 2.05. The average Bonchev–Trinajstić information content (AvgIpc) is 2.42. The molecule has 0 saturated heterocycles. The fourth-order valence-electron chi connectivity index (χ4n) is 3.51. The molecule has 0 spiro atoms. The Hall–Kier alpha value is -0.600. The highest BCUT2D eigenvalue weighted by molar-refractivity contribution is 6.31. The second-order valence-corrected chi connectivity index (χ2v) is 6.30. The molecule has 1 fully saturated rings. The van der Waals surface area contributed by atoms with Crippen molar-refractivity contribution in [3.05, 3.63) is 29.0 Å². The van der Waals surface area contributed by atoms with Crippen LogP contribution < -0.4 is 5.73 Å². The molecule has 0 bridgehead atoms. The molecular weight excluding hydrogens is 256 g/mol. The molecule has 19 heavy (non-hydrogen) atoms. The van der Waals surface area contributed by atoms with Gasteiger partial charge in [0.1, 0.15) is 0 Å². The van der Waals surface area contributed by atoms with Crippen LogP contribution in [-0.4, -0.2) is 11.5 Å². The van der Waals surface area contributed by atoms with E-state index in [0.717, 1.165) is 23.9 Å². The van der Waals surface area contributed by atoms with Crippen molar-refractivity contribution < 1.29 is 0 Å². The zero-order valence-electron chi connectivity index (χ0n) is 11.8. The lowest BCUT2D eigenvalue weighted by molar-refractivity contribution is 0.175. The average molecular weight is 281 g/mol. The molecule has 0 aliphatic heterocycles. The molecule has 3 heteroatoms. The largest absolute Gasteiger partial charge is 0.330 e.